The molecule has 1 aromatic rings. The molecule has 1 unspecified atom stereocenters. The van der Waals surface area contributed by atoms with Gasteiger partial charge in [0, 0.05) is 24.8 Å². The SMILES string of the molecule is CCOCC(NCc1cc(C(=O)O)ccc1F)C(C)C. The van der Waals surface area contributed by atoms with E-state index in [0.29, 0.717) is 24.7 Å². The van der Waals surface area contributed by atoms with Crippen molar-refractivity contribution in [3.05, 3.63) is 35.1 Å². The fourth-order valence-corrected chi connectivity index (χ4v) is 1.82. The van der Waals surface area contributed by atoms with E-state index < -0.39 is 11.8 Å². The maximum Gasteiger partial charge on any atom is 0.335 e. The van der Waals surface area contributed by atoms with Gasteiger partial charge < -0.3 is 15.2 Å². The molecule has 0 heterocycles. The summed E-state index contributed by atoms with van der Waals surface area (Å²) >= 11 is 0. The molecule has 0 aromatic heterocycles. The van der Waals surface area contributed by atoms with E-state index in [1.807, 2.05) is 6.92 Å². The lowest BCUT2D eigenvalue weighted by molar-refractivity contribution is 0.0696. The molecule has 0 fully saturated rings. The fourth-order valence-electron chi connectivity index (χ4n) is 1.82. The van der Waals surface area contributed by atoms with Crippen LogP contribution in [0.2, 0.25) is 0 Å². The Morgan fingerprint density at radius 3 is 2.70 bits per heavy atom. The van der Waals surface area contributed by atoms with Crippen LogP contribution >= 0.6 is 0 Å². The first-order valence-corrected chi connectivity index (χ1v) is 6.78. The molecule has 1 aromatic carbocycles. The van der Waals surface area contributed by atoms with Crippen LogP contribution in [0.25, 0.3) is 0 Å². The molecule has 0 aliphatic rings. The van der Waals surface area contributed by atoms with E-state index in [1.54, 1.807) is 0 Å². The third kappa shape index (κ3) is 4.90. The fraction of sp³-hybridized carbons (Fsp3) is 0.533. The summed E-state index contributed by atoms with van der Waals surface area (Å²) in [6.07, 6.45) is 0. The number of nitrogens with one attached hydrogen (secondary N) is 1. The van der Waals surface area contributed by atoms with E-state index in [1.165, 1.54) is 18.2 Å². The van der Waals surface area contributed by atoms with Gasteiger partial charge in [0.15, 0.2) is 0 Å². The van der Waals surface area contributed by atoms with Crippen LogP contribution in [0, 0.1) is 11.7 Å². The quantitative estimate of drug-likeness (QED) is 0.770. The summed E-state index contributed by atoms with van der Waals surface area (Å²) in [5.74, 6) is -1.12. The second kappa shape index (κ2) is 7.97. The molecule has 112 valence electrons. The first-order chi connectivity index (χ1) is 9.45. The predicted octanol–water partition coefficient (Wildman–Crippen LogP) is 2.67. The minimum absolute atomic E-state index is 0.0918. The summed E-state index contributed by atoms with van der Waals surface area (Å²) in [4.78, 5) is 10.9. The van der Waals surface area contributed by atoms with E-state index in [4.69, 9.17) is 9.84 Å². The zero-order chi connectivity index (χ0) is 15.1. The molecule has 0 saturated heterocycles. The van der Waals surface area contributed by atoms with E-state index in [-0.39, 0.29) is 18.2 Å². The molecule has 20 heavy (non-hydrogen) atoms. The third-order valence-electron chi connectivity index (χ3n) is 3.15. The Kier molecular flexibility index (Phi) is 6.61. The van der Waals surface area contributed by atoms with Gasteiger partial charge in [0.2, 0.25) is 0 Å². The standard InChI is InChI=1S/C15H22FNO3/c1-4-20-9-14(10(2)3)17-8-12-7-11(15(18)19)5-6-13(12)16/h5-7,10,14,17H,4,8-9H2,1-3H3,(H,18,19). The summed E-state index contributed by atoms with van der Waals surface area (Å²) in [7, 11) is 0. The number of hydrogen-bond acceptors (Lipinski definition) is 3. The molecule has 1 atom stereocenters. The van der Waals surface area contributed by atoms with Crippen molar-refractivity contribution >= 4 is 5.97 Å². The molecule has 0 radical (unpaired) electrons. The highest BCUT2D eigenvalue weighted by Crippen LogP contribution is 2.12. The second-order valence-corrected chi connectivity index (χ2v) is 5.00. The highest BCUT2D eigenvalue weighted by molar-refractivity contribution is 5.87. The lowest BCUT2D eigenvalue weighted by Crippen LogP contribution is -2.37. The lowest BCUT2D eigenvalue weighted by Gasteiger charge is -2.22. The second-order valence-electron chi connectivity index (χ2n) is 5.00. The summed E-state index contributed by atoms with van der Waals surface area (Å²) in [6, 6.07) is 3.92. The molecule has 0 saturated carbocycles. The Bertz CT molecular complexity index is 449. The van der Waals surface area contributed by atoms with E-state index >= 15 is 0 Å². The van der Waals surface area contributed by atoms with Gasteiger partial charge in [-0.1, -0.05) is 13.8 Å². The molecule has 5 heteroatoms. The van der Waals surface area contributed by atoms with Crippen molar-refractivity contribution in [1.82, 2.24) is 5.32 Å². The first kappa shape index (κ1) is 16.6. The first-order valence-electron chi connectivity index (χ1n) is 6.78. The van der Waals surface area contributed by atoms with Gasteiger partial charge in [0.1, 0.15) is 5.82 Å². The number of carbonyl (C=O) groups is 1. The molecule has 4 nitrogen and oxygen atoms in total. The number of carboxylic acids is 1. The normalized spacial score (nSPS) is 12.7. The molecular weight excluding hydrogens is 261 g/mol. The largest absolute Gasteiger partial charge is 0.478 e. The summed E-state index contributed by atoms with van der Waals surface area (Å²) in [5, 5.41) is 12.1. The molecular formula is C15H22FNO3. The van der Waals surface area contributed by atoms with Crippen LogP contribution in [0.4, 0.5) is 4.39 Å². The number of carboxylic acid groups (broad SMARTS) is 1. The lowest BCUT2D eigenvalue weighted by atomic mass is 10.0. The van der Waals surface area contributed by atoms with Gasteiger partial charge in [-0.3, -0.25) is 0 Å². The van der Waals surface area contributed by atoms with Crippen LogP contribution in [0.5, 0.6) is 0 Å². The molecule has 0 bridgehead atoms. The number of ether oxygens (including phenoxy) is 1. The van der Waals surface area contributed by atoms with Crippen molar-refractivity contribution in [2.45, 2.75) is 33.4 Å². The van der Waals surface area contributed by atoms with Crippen molar-refractivity contribution in [3.63, 3.8) is 0 Å². The topological polar surface area (TPSA) is 58.6 Å². The van der Waals surface area contributed by atoms with Gasteiger partial charge >= 0.3 is 5.97 Å². The Morgan fingerprint density at radius 1 is 1.45 bits per heavy atom. The molecule has 0 amide bonds. The van der Waals surface area contributed by atoms with Crippen LogP contribution in [0.1, 0.15) is 36.7 Å². The van der Waals surface area contributed by atoms with Gasteiger partial charge in [0.25, 0.3) is 0 Å². The van der Waals surface area contributed by atoms with Crippen LogP contribution in [0.3, 0.4) is 0 Å². The summed E-state index contributed by atoms with van der Waals surface area (Å²) in [5.41, 5.74) is 0.446. The van der Waals surface area contributed by atoms with Crippen molar-refractivity contribution in [3.8, 4) is 0 Å². The average Bonchev–Trinajstić information content (AvgIpc) is 2.39. The van der Waals surface area contributed by atoms with Gasteiger partial charge in [-0.15, -0.1) is 0 Å². The molecule has 0 aliphatic heterocycles. The van der Waals surface area contributed by atoms with Crippen LogP contribution in [0.15, 0.2) is 18.2 Å². The molecule has 2 N–H and O–H groups in total. The third-order valence-corrected chi connectivity index (χ3v) is 3.15. The van der Waals surface area contributed by atoms with Gasteiger partial charge in [-0.05, 0) is 31.0 Å². The number of aromatic carboxylic acids is 1. The van der Waals surface area contributed by atoms with Crippen molar-refractivity contribution < 1.29 is 19.0 Å². The maximum atomic E-state index is 13.7. The van der Waals surface area contributed by atoms with Gasteiger partial charge in [-0.2, -0.15) is 0 Å². The Balaban J connectivity index is 2.71. The zero-order valence-corrected chi connectivity index (χ0v) is 12.1. The Labute approximate surface area is 119 Å². The highest BCUT2D eigenvalue weighted by Gasteiger charge is 2.14. The predicted molar refractivity (Wildman–Crippen MR) is 75.3 cm³/mol. The Hall–Kier alpha value is -1.46. The minimum atomic E-state index is -1.05. The Morgan fingerprint density at radius 2 is 2.15 bits per heavy atom. The van der Waals surface area contributed by atoms with Crippen LogP contribution in [-0.2, 0) is 11.3 Å². The van der Waals surface area contributed by atoms with E-state index in [2.05, 4.69) is 19.2 Å². The molecule has 1 rings (SSSR count). The van der Waals surface area contributed by atoms with Crippen LogP contribution in [-0.4, -0.2) is 30.3 Å². The van der Waals surface area contributed by atoms with E-state index in [9.17, 15) is 9.18 Å². The summed E-state index contributed by atoms with van der Waals surface area (Å²) in [6.45, 7) is 7.50. The smallest absolute Gasteiger partial charge is 0.335 e. The van der Waals surface area contributed by atoms with Gasteiger partial charge in [0.05, 0.1) is 12.2 Å². The van der Waals surface area contributed by atoms with Gasteiger partial charge in [-0.25, -0.2) is 9.18 Å². The number of benzene rings is 1. The zero-order valence-electron chi connectivity index (χ0n) is 12.1. The minimum Gasteiger partial charge on any atom is -0.478 e. The van der Waals surface area contributed by atoms with Crippen molar-refractivity contribution in [1.29, 1.82) is 0 Å². The monoisotopic (exact) mass is 283 g/mol. The summed E-state index contributed by atoms with van der Waals surface area (Å²) < 4.78 is 19.1. The number of rotatable bonds is 8. The van der Waals surface area contributed by atoms with Crippen molar-refractivity contribution in [2.75, 3.05) is 13.2 Å². The molecule has 0 aliphatic carbocycles. The van der Waals surface area contributed by atoms with Crippen LogP contribution < -0.4 is 5.32 Å². The van der Waals surface area contributed by atoms with E-state index in [0.717, 1.165) is 0 Å². The maximum absolute atomic E-state index is 13.7. The average molecular weight is 283 g/mol. The number of halogens is 1. The number of hydrogen-bond donors (Lipinski definition) is 2. The molecule has 0 spiro atoms. The highest BCUT2D eigenvalue weighted by atomic mass is 19.1. The van der Waals surface area contributed by atoms with Crippen molar-refractivity contribution in [2.24, 2.45) is 5.92 Å².